The van der Waals surface area contributed by atoms with Gasteiger partial charge in [0.15, 0.2) is 0 Å². The van der Waals surface area contributed by atoms with Crippen molar-refractivity contribution in [3.05, 3.63) is 93.6 Å². The van der Waals surface area contributed by atoms with E-state index in [9.17, 15) is 4.79 Å². The van der Waals surface area contributed by atoms with Crippen molar-refractivity contribution in [3.8, 4) is 5.75 Å². The minimum Gasteiger partial charge on any atom is -0.423 e. The summed E-state index contributed by atoms with van der Waals surface area (Å²) in [6.45, 7) is 1.82. The number of benzene rings is 3. The minimum absolute atomic E-state index is 0.330. The van der Waals surface area contributed by atoms with E-state index in [0.717, 1.165) is 40.8 Å². The fourth-order valence-corrected chi connectivity index (χ4v) is 4.58. The van der Waals surface area contributed by atoms with Crippen LogP contribution in [0.15, 0.2) is 84.0 Å². The van der Waals surface area contributed by atoms with E-state index in [4.69, 9.17) is 4.74 Å². The van der Waals surface area contributed by atoms with Crippen LogP contribution in [0.4, 0.5) is 23.5 Å². The van der Waals surface area contributed by atoms with Gasteiger partial charge in [0.1, 0.15) is 5.75 Å². The molecule has 0 unspecified atom stereocenters. The van der Waals surface area contributed by atoms with Crippen LogP contribution in [0.25, 0.3) is 0 Å². The SMILES string of the molecule is O=C(Oc1cccc(/C=N\Nc2nc(Nc3ccccc3)nc(N3CCCCC3)n2)c1)c1ccccc1I. The second-order valence-corrected chi connectivity index (χ2v) is 9.80. The number of hydrogen-bond acceptors (Lipinski definition) is 9. The number of hydrazone groups is 1. The van der Waals surface area contributed by atoms with Crippen molar-refractivity contribution in [2.75, 3.05) is 28.7 Å². The number of rotatable bonds is 8. The summed E-state index contributed by atoms with van der Waals surface area (Å²) in [5.41, 5.74) is 5.08. The predicted octanol–water partition coefficient (Wildman–Crippen LogP) is 5.88. The average molecular weight is 619 g/mol. The fourth-order valence-electron chi connectivity index (χ4n) is 3.97. The predicted molar refractivity (Wildman–Crippen MR) is 157 cm³/mol. The molecule has 0 amide bonds. The van der Waals surface area contributed by atoms with Crippen molar-refractivity contribution in [1.82, 2.24) is 15.0 Å². The maximum atomic E-state index is 12.6. The fraction of sp³-hybridized carbons (Fsp3) is 0.179. The number of nitrogens with zero attached hydrogens (tertiary/aromatic N) is 5. The largest absolute Gasteiger partial charge is 0.423 e. The number of anilines is 4. The third-order valence-corrected chi connectivity index (χ3v) is 6.77. The number of ether oxygens (including phenoxy) is 1. The normalized spacial score (nSPS) is 13.3. The first-order valence-electron chi connectivity index (χ1n) is 12.3. The summed E-state index contributed by atoms with van der Waals surface area (Å²) < 4.78 is 6.40. The second-order valence-electron chi connectivity index (χ2n) is 8.63. The van der Waals surface area contributed by atoms with Crippen molar-refractivity contribution < 1.29 is 9.53 Å². The summed E-state index contributed by atoms with van der Waals surface area (Å²) >= 11 is 2.12. The van der Waals surface area contributed by atoms with E-state index in [1.807, 2.05) is 54.6 Å². The van der Waals surface area contributed by atoms with Crippen molar-refractivity contribution >= 4 is 58.3 Å². The molecule has 5 rings (SSSR count). The van der Waals surface area contributed by atoms with E-state index in [-0.39, 0.29) is 0 Å². The summed E-state index contributed by atoms with van der Waals surface area (Å²) in [6, 6.07) is 24.2. The lowest BCUT2D eigenvalue weighted by Gasteiger charge is -2.26. The molecule has 1 saturated heterocycles. The van der Waals surface area contributed by atoms with Gasteiger partial charge in [0.05, 0.1) is 11.8 Å². The van der Waals surface area contributed by atoms with Crippen molar-refractivity contribution in [1.29, 1.82) is 0 Å². The summed E-state index contributed by atoms with van der Waals surface area (Å²) in [6.07, 6.45) is 5.06. The zero-order chi connectivity index (χ0) is 26.2. The number of nitrogens with one attached hydrogen (secondary N) is 2. The quantitative estimate of drug-likeness (QED) is 0.0830. The van der Waals surface area contributed by atoms with Crippen LogP contribution >= 0.6 is 22.6 Å². The Balaban J connectivity index is 1.30. The van der Waals surface area contributed by atoms with Gasteiger partial charge in [-0.3, -0.25) is 0 Å². The molecule has 1 fully saturated rings. The van der Waals surface area contributed by atoms with Gasteiger partial charge in [-0.05, 0) is 83.8 Å². The topological polar surface area (TPSA) is 105 Å². The van der Waals surface area contributed by atoms with E-state index in [1.54, 1.807) is 30.5 Å². The van der Waals surface area contributed by atoms with Gasteiger partial charge in [-0.15, -0.1) is 0 Å². The molecule has 0 bridgehead atoms. The van der Waals surface area contributed by atoms with Crippen LogP contribution in [-0.4, -0.2) is 40.2 Å². The number of carbonyl (C=O) groups excluding carboxylic acids is 1. The molecule has 1 aliphatic rings. The van der Waals surface area contributed by atoms with Gasteiger partial charge >= 0.3 is 5.97 Å². The molecule has 2 N–H and O–H groups in total. The smallest absolute Gasteiger partial charge is 0.344 e. The number of aromatic nitrogens is 3. The molecular formula is C28H26IN7O2. The molecule has 0 radical (unpaired) electrons. The van der Waals surface area contributed by atoms with E-state index in [1.165, 1.54) is 6.42 Å². The summed E-state index contributed by atoms with van der Waals surface area (Å²) in [4.78, 5) is 28.5. The second kappa shape index (κ2) is 12.5. The number of esters is 1. The van der Waals surface area contributed by atoms with Crippen LogP contribution in [-0.2, 0) is 0 Å². The van der Waals surface area contributed by atoms with Gasteiger partial charge < -0.3 is 15.0 Å². The van der Waals surface area contributed by atoms with Gasteiger partial charge in [0.2, 0.25) is 17.8 Å². The van der Waals surface area contributed by atoms with E-state index >= 15 is 0 Å². The van der Waals surface area contributed by atoms with E-state index < -0.39 is 5.97 Å². The Kier molecular flexibility index (Phi) is 8.39. The third kappa shape index (κ3) is 6.82. The summed E-state index contributed by atoms with van der Waals surface area (Å²) in [5, 5.41) is 7.57. The molecule has 192 valence electrons. The van der Waals surface area contributed by atoms with Crippen LogP contribution in [0.2, 0.25) is 0 Å². The first kappa shape index (κ1) is 25.6. The molecule has 9 nitrogen and oxygen atoms in total. The first-order chi connectivity index (χ1) is 18.6. The highest BCUT2D eigenvalue weighted by molar-refractivity contribution is 14.1. The number of piperidine rings is 1. The van der Waals surface area contributed by atoms with Gasteiger partial charge in [-0.1, -0.05) is 42.5 Å². The maximum absolute atomic E-state index is 12.6. The Morgan fingerprint density at radius 1 is 0.895 bits per heavy atom. The van der Waals surface area contributed by atoms with Crippen molar-refractivity contribution in [2.24, 2.45) is 5.10 Å². The lowest BCUT2D eigenvalue weighted by molar-refractivity contribution is 0.0733. The molecule has 10 heteroatoms. The molecule has 2 heterocycles. The lowest BCUT2D eigenvalue weighted by atomic mass is 10.1. The molecule has 3 aromatic carbocycles. The van der Waals surface area contributed by atoms with Gasteiger partial charge in [-0.25, -0.2) is 10.2 Å². The highest BCUT2D eigenvalue weighted by Crippen LogP contribution is 2.21. The van der Waals surface area contributed by atoms with E-state index in [2.05, 4.69) is 58.3 Å². The third-order valence-electron chi connectivity index (χ3n) is 5.83. The van der Waals surface area contributed by atoms with Crippen LogP contribution in [0, 0.1) is 3.57 Å². The van der Waals surface area contributed by atoms with Crippen LogP contribution in [0.3, 0.4) is 0 Å². The molecular weight excluding hydrogens is 593 g/mol. The molecule has 1 aromatic heterocycles. The lowest BCUT2D eigenvalue weighted by Crippen LogP contribution is -2.31. The Bertz CT molecular complexity index is 1430. The van der Waals surface area contributed by atoms with Gasteiger partial charge in [0.25, 0.3) is 0 Å². The Labute approximate surface area is 234 Å². The van der Waals surface area contributed by atoms with Crippen molar-refractivity contribution in [2.45, 2.75) is 19.3 Å². The molecule has 0 saturated carbocycles. The highest BCUT2D eigenvalue weighted by Gasteiger charge is 2.16. The molecule has 0 spiro atoms. The van der Waals surface area contributed by atoms with Gasteiger partial charge in [-0.2, -0.15) is 20.1 Å². The Hall–Kier alpha value is -4.06. The number of carbonyl (C=O) groups is 1. The molecule has 38 heavy (non-hydrogen) atoms. The average Bonchev–Trinajstić information content (AvgIpc) is 2.94. The molecule has 0 atom stereocenters. The number of para-hydroxylation sites is 1. The standard InChI is InChI=1S/C28H26IN7O2/c29-24-15-6-5-14-23(24)25(37)38-22-13-9-10-20(18-22)19-30-35-27-32-26(31-21-11-3-1-4-12-21)33-28(34-27)36-16-7-2-8-17-36/h1,3-6,9-15,18-19H,2,7-8,16-17H2,(H2,31,32,33,34,35)/b30-19-. The molecule has 0 aliphatic carbocycles. The molecule has 1 aliphatic heterocycles. The Morgan fingerprint density at radius 3 is 2.47 bits per heavy atom. The zero-order valence-corrected chi connectivity index (χ0v) is 22.7. The van der Waals surface area contributed by atoms with E-state index in [0.29, 0.717) is 29.2 Å². The number of hydrogen-bond donors (Lipinski definition) is 2. The van der Waals surface area contributed by atoms with Gasteiger partial charge in [0, 0.05) is 22.3 Å². The maximum Gasteiger partial charge on any atom is 0.344 e. The Morgan fingerprint density at radius 2 is 1.66 bits per heavy atom. The van der Waals surface area contributed by atoms with Crippen LogP contribution < -0.4 is 20.4 Å². The monoisotopic (exact) mass is 619 g/mol. The van der Waals surface area contributed by atoms with Crippen LogP contribution in [0.1, 0.15) is 35.2 Å². The minimum atomic E-state index is -0.406. The zero-order valence-electron chi connectivity index (χ0n) is 20.5. The molecule has 4 aromatic rings. The highest BCUT2D eigenvalue weighted by atomic mass is 127. The van der Waals surface area contributed by atoms with Crippen molar-refractivity contribution in [3.63, 3.8) is 0 Å². The summed E-state index contributed by atoms with van der Waals surface area (Å²) in [5.74, 6) is 1.40. The van der Waals surface area contributed by atoms with Crippen LogP contribution in [0.5, 0.6) is 5.75 Å². The first-order valence-corrected chi connectivity index (χ1v) is 13.4. The number of halogens is 1. The summed E-state index contributed by atoms with van der Waals surface area (Å²) in [7, 11) is 0.